The largest absolute Gasteiger partial charge is 0.488 e. The molecule has 0 heterocycles. The van der Waals surface area contributed by atoms with Crippen LogP contribution in [0.15, 0.2) is 12.1 Å². The van der Waals surface area contributed by atoms with E-state index in [1.165, 1.54) is 12.1 Å². The summed E-state index contributed by atoms with van der Waals surface area (Å²) in [6.45, 7) is 0.283. The van der Waals surface area contributed by atoms with Gasteiger partial charge in [0.05, 0.1) is 6.61 Å². The van der Waals surface area contributed by atoms with Gasteiger partial charge >= 0.3 is 0 Å². The van der Waals surface area contributed by atoms with Crippen LogP contribution in [0.2, 0.25) is 0 Å². The van der Waals surface area contributed by atoms with E-state index in [1.807, 2.05) is 0 Å². The Morgan fingerprint density at radius 2 is 1.94 bits per heavy atom. The van der Waals surface area contributed by atoms with E-state index in [0.717, 1.165) is 0 Å². The van der Waals surface area contributed by atoms with E-state index < -0.39 is 11.6 Å². The molecule has 0 saturated heterocycles. The van der Waals surface area contributed by atoms with Gasteiger partial charge in [0.1, 0.15) is 0 Å². The summed E-state index contributed by atoms with van der Waals surface area (Å²) >= 11 is 0. The maximum atomic E-state index is 13.3. The maximum Gasteiger partial charge on any atom is 0.190 e. The fourth-order valence-corrected chi connectivity index (χ4v) is 1.22. The van der Waals surface area contributed by atoms with Gasteiger partial charge in [-0.25, -0.2) is 8.78 Å². The molecule has 0 unspecified atom stereocenters. The molecule has 0 aromatic heterocycles. The standard InChI is InChI=1S/C12H13F2NO/c1-2-3-4-5-16-12-10(13)6-9(8-15)7-11(12)14/h1,6-7H,3-5,8,15H2. The van der Waals surface area contributed by atoms with Crippen LogP contribution >= 0.6 is 0 Å². The van der Waals surface area contributed by atoms with E-state index >= 15 is 0 Å². The highest BCUT2D eigenvalue weighted by molar-refractivity contribution is 5.31. The third kappa shape index (κ3) is 3.21. The van der Waals surface area contributed by atoms with Gasteiger partial charge in [-0.15, -0.1) is 12.3 Å². The van der Waals surface area contributed by atoms with Crippen LogP contribution in [0, 0.1) is 24.0 Å². The Bertz CT molecular complexity index is 375. The SMILES string of the molecule is C#CCCCOc1c(F)cc(CN)cc1F. The van der Waals surface area contributed by atoms with Crippen molar-refractivity contribution in [1.29, 1.82) is 0 Å². The Labute approximate surface area is 93.4 Å². The average molecular weight is 225 g/mol. The van der Waals surface area contributed by atoms with E-state index in [-0.39, 0.29) is 18.9 Å². The van der Waals surface area contributed by atoms with Crippen LogP contribution in [0.1, 0.15) is 18.4 Å². The number of benzene rings is 1. The Morgan fingerprint density at radius 3 is 2.44 bits per heavy atom. The van der Waals surface area contributed by atoms with E-state index in [2.05, 4.69) is 5.92 Å². The molecule has 16 heavy (non-hydrogen) atoms. The van der Waals surface area contributed by atoms with E-state index in [4.69, 9.17) is 16.9 Å². The van der Waals surface area contributed by atoms with Gasteiger partial charge in [0.2, 0.25) is 0 Å². The first kappa shape index (κ1) is 12.5. The number of hydrogen-bond acceptors (Lipinski definition) is 2. The van der Waals surface area contributed by atoms with Crippen LogP contribution in [-0.4, -0.2) is 6.61 Å². The zero-order valence-electron chi connectivity index (χ0n) is 8.80. The van der Waals surface area contributed by atoms with Gasteiger partial charge in [-0.05, 0) is 24.1 Å². The molecular formula is C12H13F2NO. The summed E-state index contributed by atoms with van der Waals surface area (Å²) in [6, 6.07) is 2.33. The maximum absolute atomic E-state index is 13.3. The number of unbranched alkanes of at least 4 members (excludes halogenated alkanes) is 1. The Balaban J connectivity index is 2.69. The molecule has 0 radical (unpaired) electrons. The van der Waals surface area contributed by atoms with E-state index in [1.54, 1.807) is 0 Å². The minimum atomic E-state index is -0.735. The predicted octanol–water partition coefficient (Wildman–Crippen LogP) is 2.22. The van der Waals surface area contributed by atoms with Gasteiger partial charge in [-0.1, -0.05) is 0 Å². The van der Waals surface area contributed by atoms with Crippen molar-refractivity contribution in [2.24, 2.45) is 5.73 Å². The zero-order valence-corrected chi connectivity index (χ0v) is 8.80. The molecule has 0 bridgehead atoms. The fraction of sp³-hybridized carbons (Fsp3) is 0.333. The molecule has 2 nitrogen and oxygen atoms in total. The van der Waals surface area contributed by atoms with Crippen LogP contribution in [0.4, 0.5) is 8.78 Å². The zero-order chi connectivity index (χ0) is 12.0. The van der Waals surface area contributed by atoms with E-state index in [0.29, 0.717) is 18.4 Å². The van der Waals surface area contributed by atoms with Crippen LogP contribution in [-0.2, 0) is 6.54 Å². The van der Waals surface area contributed by atoms with Gasteiger partial charge in [-0.2, -0.15) is 0 Å². The summed E-state index contributed by atoms with van der Waals surface area (Å²) in [5.41, 5.74) is 5.68. The molecule has 0 aliphatic heterocycles. The number of ether oxygens (including phenoxy) is 1. The van der Waals surface area contributed by atoms with Crippen molar-refractivity contribution in [2.45, 2.75) is 19.4 Å². The quantitative estimate of drug-likeness (QED) is 0.616. The van der Waals surface area contributed by atoms with Crippen molar-refractivity contribution in [2.75, 3.05) is 6.61 Å². The fourth-order valence-electron chi connectivity index (χ4n) is 1.22. The molecule has 2 N–H and O–H groups in total. The number of rotatable bonds is 5. The molecule has 1 rings (SSSR count). The number of terminal acetylenes is 1. The first-order chi connectivity index (χ1) is 7.69. The molecule has 0 atom stereocenters. The molecule has 0 saturated carbocycles. The Morgan fingerprint density at radius 1 is 1.31 bits per heavy atom. The summed E-state index contributed by atoms with van der Waals surface area (Å²) in [5.74, 6) is 0.581. The van der Waals surface area contributed by atoms with Crippen molar-refractivity contribution in [1.82, 2.24) is 0 Å². The third-order valence-electron chi connectivity index (χ3n) is 2.01. The highest BCUT2D eigenvalue weighted by Gasteiger charge is 2.11. The van der Waals surface area contributed by atoms with E-state index in [9.17, 15) is 8.78 Å². The number of halogens is 2. The normalized spacial score (nSPS) is 9.88. The first-order valence-corrected chi connectivity index (χ1v) is 4.93. The van der Waals surface area contributed by atoms with Gasteiger partial charge < -0.3 is 10.5 Å². The van der Waals surface area contributed by atoms with Crippen molar-refractivity contribution in [3.05, 3.63) is 29.3 Å². The van der Waals surface area contributed by atoms with Gasteiger partial charge in [0, 0.05) is 13.0 Å². The molecule has 0 aliphatic carbocycles. The van der Waals surface area contributed by atoms with Gasteiger partial charge in [0.25, 0.3) is 0 Å². The van der Waals surface area contributed by atoms with Crippen LogP contribution in [0.3, 0.4) is 0 Å². The lowest BCUT2D eigenvalue weighted by atomic mass is 10.2. The second-order valence-corrected chi connectivity index (χ2v) is 3.25. The molecule has 4 heteroatoms. The van der Waals surface area contributed by atoms with Crippen molar-refractivity contribution in [3.63, 3.8) is 0 Å². The Hall–Kier alpha value is -1.60. The summed E-state index contributed by atoms with van der Waals surface area (Å²) < 4.78 is 31.7. The summed E-state index contributed by atoms with van der Waals surface area (Å²) in [5, 5.41) is 0. The van der Waals surface area contributed by atoms with Crippen molar-refractivity contribution >= 4 is 0 Å². The lowest BCUT2D eigenvalue weighted by molar-refractivity contribution is 0.281. The number of hydrogen-bond donors (Lipinski definition) is 1. The van der Waals surface area contributed by atoms with Gasteiger partial charge in [0.15, 0.2) is 17.4 Å². The van der Waals surface area contributed by atoms with Crippen LogP contribution in [0.5, 0.6) is 5.75 Å². The second kappa shape index (κ2) is 6.09. The summed E-state index contributed by atoms with van der Waals surface area (Å²) in [7, 11) is 0. The molecule has 86 valence electrons. The highest BCUT2D eigenvalue weighted by atomic mass is 19.1. The first-order valence-electron chi connectivity index (χ1n) is 4.93. The third-order valence-corrected chi connectivity index (χ3v) is 2.01. The van der Waals surface area contributed by atoms with Crippen LogP contribution in [0.25, 0.3) is 0 Å². The molecular weight excluding hydrogens is 212 g/mol. The molecule has 1 aromatic carbocycles. The van der Waals surface area contributed by atoms with Crippen molar-refractivity contribution in [3.8, 4) is 18.1 Å². The minimum Gasteiger partial charge on any atom is -0.488 e. The Kier molecular flexibility index (Phi) is 4.74. The van der Waals surface area contributed by atoms with Gasteiger partial charge in [-0.3, -0.25) is 0 Å². The smallest absolute Gasteiger partial charge is 0.190 e. The molecule has 0 fully saturated rings. The monoisotopic (exact) mass is 225 g/mol. The minimum absolute atomic E-state index is 0.0885. The lowest BCUT2D eigenvalue weighted by Gasteiger charge is -2.08. The summed E-state index contributed by atoms with van der Waals surface area (Å²) in [4.78, 5) is 0. The molecule has 1 aromatic rings. The molecule has 0 spiro atoms. The van der Waals surface area contributed by atoms with Crippen LogP contribution < -0.4 is 10.5 Å². The predicted molar refractivity (Wildman–Crippen MR) is 57.8 cm³/mol. The topological polar surface area (TPSA) is 35.2 Å². The highest BCUT2D eigenvalue weighted by Crippen LogP contribution is 2.23. The van der Waals surface area contributed by atoms with Crippen molar-refractivity contribution < 1.29 is 13.5 Å². The average Bonchev–Trinajstić information content (AvgIpc) is 2.26. The second-order valence-electron chi connectivity index (χ2n) is 3.25. The summed E-state index contributed by atoms with van der Waals surface area (Å²) in [6.07, 6.45) is 6.12. The molecule has 0 amide bonds. The molecule has 0 aliphatic rings. The number of nitrogens with two attached hydrogens (primary N) is 1. The lowest BCUT2D eigenvalue weighted by Crippen LogP contribution is -2.04.